The van der Waals surface area contributed by atoms with Crippen LogP contribution in [0.3, 0.4) is 0 Å². The number of rotatable bonds is 4. The van der Waals surface area contributed by atoms with Crippen molar-refractivity contribution in [3.63, 3.8) is 0 Å². The van der Waals surface area contributed by atoms with E-state index in [-0.39, 0.29) is 60.1 Å². The normalized spacial score (nSPS) is 7.00. The van der Waals surface area contributed by atoms with Gasteiger partial charge in [0.1, 0.15) is 0 Å². The van der Waals surface area contributed by atoms with Crippen molar-refractivity contribution in [1.82, 2.24) is 0 Å². The monoisotopic (exact) mass is 202 g/mol. The van der Waals surface area contributed by atoms with Crippen LogP contribution in [0.5, 0.6) is 0 Å². The first-order chi connectivity index (χ1) is 4.83. The van der Waals surface area contributed by atoms with Crippen molar-refractivity contribution in [2.24, 2.45) is 0 Å². The fourth-order valence-corrected chi connectivity index (χ4v) is 0.183. The van der Waals surface area contributed by atoms with E-state index < -0.39 is 0 Å². The van der Waals surface area contributed by atoms with Crippen molar-refractivity contribution < 1.29 is 49.2 Å². The molecule has 0 aliphatic heterocycles. The van der Waals surface area contributed by atoms with Crippen molar-refractivity contribution in [1.29, 1.82) is 0 Å². The second-order valence-corrected chi connectivity index (χ2v) is 1.43. The SMILES string of the molecule is COCCO.COCCO.[Al].[Na+]. The zero-order valence-corrected chi connectivity index (χ0v) is 11.3. The van der Waals surface area contributed by atoms with E-state index >= 15 is 0 Å². The summed E-state index contributed by atoms with van der Waals surface area (Å²) in [6.45, 7) is 1.13. The molecule has 3 radical (unpaired) electrons. The van der Waals surface area contributed by atoms with Gasteiger partial charge in [0.25, 0.3) is 0 Å². The maximum absolute atomic E-state index is 7.94. The summed E-state index contributed by atoms with van der Waals surface area (Å²) >= 11 is 0. The van der Waals surface area contributed by atoms with Crippen molar-refractivity contribution >= 4 is 17.4 Å². The molecular formula is C6H16AlNaO4+. The molecule has 0 bridgehead atoms. The van der Waals surface area contributed by atoms with E-state index in [0.29, 0.717) is 13.2 Å². The molecule has 0 amide bonds. The first kappa shape index (κ1) is 23.3. The second kappa shape index (κ2) is 29.4. The Balaban J connectivity index is -0.0000000457. The van der Waals surface area contributed by atoms with Gasteiger partial charge in [0.2, 0.25) is 0 Å². The van der Waals surface area contributed by atoms with Gasteiger partial charge in [-0.2, -0.15) is 0 Å². The topological polar surface area (TPSA) is 58.9 Å². The predicted molar refractivity (Wildman–Crippen MR) is 43.7 cm³/mol. The summed E-state index contributed by atoms with van der Waals surface area (Å²) in [7, 11) is 3.10. The zero-order valence-electron chi connectivity index (χ0n) is 8.12. The van der Waals surface area contributed by atoms with Crippen molar-refractivity contribution in [3.8, 4) is 0 Å². The van der Waals surface area contributed by atoms with Crippen LogP contribution in [0.25, 0.3) is 0 Å². The third kappa shape index (κ3) is 42.4. The maximum atomic E-state index is 7.94. The zero-order chi connectivity index (χ0) is 8.24. The minimum absolute atomic E-state index is 0. The van der Waals surface area contributed by atoms with Gasteiger partial charge in [-0.25, -0.2) is 0 Å². The van der Waals surface area contributed by atoms with Crippen LogP contribution in [0.15, 0.2) is 0 Å². The maximum Gasteiger partial charge on any atom is 1.00 e. The van der Waals surface area contributed by atoms with Gasteiger partial charge in [0.05, 0.1) is 26.4 Å². The number of ether oxygens (including phenoxy) is 2. The standard InChI is InChI=1S/2C3H8O2.Al.Na/c2*1-5-3-2-4;;/h2*4H,2-3H2,1H3;;/q;;;+1. The number of aliphatic hydroxyl groups excluding tert-OH is 2. The van der Waals surface area contributed by atoms with Crippen LogP contribution in [0, 0.1) is 0 Å². The van der Waals surface area contributed by atoms with Gasteiger partial charge < -0.3 is 19.7 Å². The molecule has 0 aliphatic rings. The van der Waals surface area contributed by atoms with E-state index in [1.165, 1.54) is 0 Å². The molecule has 2 N–H and O–H groups in total. The number of aliphatic hydroxyl groups is 2. The number of hydrogen-bond acceptors (Lipinski definition) is 4. The second-order valence-electron chi connectivity index (χ2n) is 1.43. The van der Waals surface area contributed by atoms with E-state index in [0.717, 1.165) is 0 Å². The van der Waals surface area contributed by atoms with Crippen molar-refractivity contribution in [2.45, 2.75) is 0 Å². The molecule has 0 aromatic carbocycles. The molecule has 0 saturated heterocycles. The summed E-state index contributed by atoms with van der Waals surface area (Å²) < 4.78 is 8.88. The van der Waals surface area contributed by atoms with Crippen LogP contribution in [-0.2, 0) is 9.47 Å². The minimum Gasteiger partial charge on any atom is -0.394 e. The van der Waals surface area contributed by atoms with Gasteiger partial charge >= 0.3 is 29.6 Å². The summed E-state index contributed by atoms with van der Waals surface area (Å²) in [5, 5.41) is 15.9. The van der Waals surface area contributed by atoms with Crippen molar-refractivity contribution in [3.05, 3.63) is 0 Å². The Bertz CT molecular complexity index is 40.5. The van der Waals surface area contributed by atoms with Gasteiger partial charge in [0.15, 0.2) is 0 Å². The van der Waals surface area contributed by atoms with Gasteiger partial charge in [-0.05, 0) is 0 Å². The van der Waals surface area contributed by atoms with Gasteiger partial charge in [-0.1, -0.05) is 0 Å². The third-order valence-electron chi connectivity index (χ3n) is 0.591. The van der Waals surface area contributed by atoms with Crippen LogP contribution < -0.4 is 29.6 Å². The number of hydrogen-bond donors (Lipinski definition) is 2. The Morgan fingerprint density at radius 1 is 0.917 bits per heavy atom. The summed E-state index contributed by atoms with van der Waals surface area (Å²) in [6, 6.07) is 0. The van der Waals surface area contributed by atoms with E-state index in [9.17, 15) is 0 Å². The summed E-state index contributed by atoms with van der Waals surface area (Å²) in [5.74, 6) is 0. The van der Waals surface area contributed by atoms with E-state index in [4.69, 9.17) is 10.2 Å². The van der Waals surface area contributed by atoms with Gasteiger partial charge in [-0.15, -0.1) is 0 Å². The molecule has 0 heterocycles. The first-order valence-electron chi connectivity index (χ1n) is 3.03. The van der Waals surface area contributed by atoms with E-state index in [1.54, 1.807) is 14.2 Å². The van der Waals surface area contributed by atoms with Crippen LogP contribution >= 0.6 is 0 Å². The fourth-order valence-electron chi connectivity index (χ4n) is 0.183. The molecule has 0 rings (SSSR count). The molecule has 0 fully saturated rings. The fraction of sp³-hybridized carbons (Fsp3) is 1.00. The molecule has 0 saturated carbocycles. The van der Waals surface area contributed by atoms with Crippen molar-refractivity contribution in [2.75, 3.05) is 40.6 Å². The van der Waals surface area contributed by atoms with Crippen LogP contribution in [0.2, 0.25) is 0 Å². The van der Waals surface area contributed by atoms with E-state index in [2.05, 4.69) is 9.47 Å². The molecule has 4 nitrogen and oxygen atoms in total. The molecular weight excluding hydrogens is 186 g/mol. The summed E-state index contributed by atoms with van der Waals surface area (Å²) in [5.41, 5.74) is 0. The molecule has 6 heteroatoms. The Morgan fingerprint density at radius 2 is 1.17 bits per heavy atom. The summed E-state index contributed by atoms with van der Waals surface area (Å²) in [6.07, 6.45) is 0. The quantitative estimate of drug-likeness (QED) is 0.455. The van der Waals surface area contributed by atoms with Crippen LogP contribution in [0.1, 0.15) is 0 Å². The third-order valence-corrected chi connectivity index (χ3v) is 0.591. The molecule has 12 heavy (non-hydrogen) atoms. The molecule has 0 aliphatic carbocycles. The largest absolute Gasteiger partial charge is 1.00 e. The molecule has 0 atom stereocenters. The first-order valence-corrected chi connectivity index (χ1v) is 3.03. The Kier molecular flexibility index (Phi) is 57.2. The predicted octanol–water partition coefficient (Wildman–Crippen LogP) is -4.13. The molecule has 0 aromatic rings. The smallest absolute Gasteiger partial charge is 0.394 e. The molecule has 0 spiro atoms. The average molecular weight is 202 g/mol. The Hall–Kier alpha value is 1.37. The molecule has 67 valence electrons. The Morgan fingerprint density at radius 3 is 1.17 bits per heavy atom. The average Bonchev–Trinajstić information content (AvgIpc) is 1.93. The van der Waals surface area contributed by atoms with Crippen LogP contribution in [-0.4, -0.2) is 68.2 Å². The minimum atomic E-state index is 0. The molecule has 0 aromatic heterocycles. The van der Waals surface area contributed by atoms with Gasteiger partial charge in [0, 0.05) is 31.6 Å². The molecule has 0 unspecified atom stereocenters. The number of methoxy groups -OCH3 is 2. The van der Waals surface area contributed by atoms with Crippen LogP contribution in [0.4, 0.5) is 0 Å². The summed E-state index contributed by atoms with van der Waals surface area (Å²) in [4.78, 5) is 0. The Labute approximate surface area is 107 Å². The van der Waals surface area contributed by atoms with E-state index in [1.807, 2.05) is 0 Å². The van der Waals surface area contributed by atoms with Gasteiger partial charge in [-0.3, -0.25) is 0 Å².